The lowest BCUT2D eigenvalue weighted by molar-refractivity contribution is 0.129. The lowest BCUT2D eigenvalue weighted by Crippen LogP contribution is -2.27. The van der Waals surface area contributed by atoms with Gasteiger partial charge in [0.05, 0.1) is 11.9 Å². The van der Waals surface area contributed by atoms with E-state index in [0.29, 0.717) is 23.6 Å². The van der Waals surface area contributed by atoms with Crippen LogP contribution in [-0.2, 0) is 6.42 Å². The van der Waals surface area contributed by atoms with Crippen molar-refractivity contribution in [3.8, 4) is 11.4 Å². The molecule has 3 aromatic heterocycles. The van der Waals surface area contributed by atoms with Crippen LogP contribution < -0.4 is 0 Å². The van der Waals surface area contributed by atoms with E-state index in [-0.39, 0.29) is 17.9 Å². The molecule has 0 spiro atoms. The summed E-state index contributed by atoms with van der Waals surface area (Å²) < 4.78 is 14.2. The first kappa shape index (κ1) is 16.4. The molecule has 0 radical (unpaired) electrons. The predicted octanol–water partition coefficient (Wildman–Crippen LogP) is 2.75. The van der Waals surface area contributed by atoms with Crippen molar-refractivity contribution in [1.82, 2.24) is 24.9 Å². The van der Waals surface area contributed by atoms with E-state index in [1.54, 1.807) is 12.4 Å². The first-order valence-electron chi connectivity index (χ1n) is 7.80. The lowest BCUT2D eigenvalue weighted by Gasteiger charge is -2.28. The van der Waals surface area contributed by atoms with Gasteiger partial charge in [-0.1, -0.05) is 20.8 Å². The summed E-state index contributed by atoms with van der Waals surface area (Å²) in [7, 11) is 0. The van der Waals surface area contributed by atoms with Gasteiger partial charge in [0.25, 0.3) is 0 Å². The van der Waals surface area contributed by atoms with E-state index in [2.05, 4.69) is 24.9 Å². The lowest BCUT2D eigenvalue weighted by atomic mass is 9.78. The molecule has 2 N–H and O–H groups in total. The Bertz CT molecular complexity index is 856. The van der Waals surface area contributed by atoms with Crippen LogP contribution in [0.2, 0.25) is 0 Å². The summed E-state index contributed by atoms with van der Waals surface area (Å²) in [5.74, 6) is -0.142. The van der Waals surface area contributed by atoms with Gasteiger partial charge in [-0.2, -0.15) is 0 Å². The van der Waals surface area contributed by atoms with Crippen molar-refractivity contribution < 1.29 is 9.50 Å². The zero-order valence-electron chi connectivity index (χ0n) is 13.9. The molecular weight excluding hydrogens is 309 g/mol. The van der Waals surface area contributed by atoms with E-state index in [0.717, 1.165) is 10.9 Å². The number of H-pyrrole nitrogens is 1. The number of nitrogens with one attached hydrogen (secondary N) is 1. The summed E-state index contributed by atoms with van der Waals surface area (Å²) in [4.78, 5) is 19.7. The van der Waals surface area contributed by atoms with Crippen LogP contribution in [0.1, 0.15) is 26.5 Å². The molecule has 3 heterocycles. The molecule has 0 unspecified atom stereocenters. The standard InChI is InChI=1S/C17H20FN5O/c1-17(2,3)10(8-24)4-14-13(18)7-21-16(23-14)12-6-20-15-11(12)5-19-9-22-15/h5-7,9-10,24H,4,8H2,1-3H3,(H,19,20,22)/t10-/m1/s1. The predicted molar refractivity (Wildman–Crippen MR) is 88.6 cm³/mol. The molecule has 0 bridgehead atoms. The summed E-state index contributed by atoms with van der Waals surface area (Å²) in [5.41, 5.74) is 1.56. The molecule has 0 aliphatic carbocycles. The van der Waals surface area contributed by atoms with Gasteiger partial charge in [0, 0.05) is 30.0 Å². The van der Waals surface area contributed by atoms with E-state index in [1.807, 2.05) is 20.8 Å². The molecule has 0 saturated heterocycles. The highest BCUT2D eigenvalue weighted by molar-refractivity contribution is 5.90. The molecule has 24 heavy (non-hydrogen) atoms. The fourth-order valence-corrected chi connectivity index (χ4v) is 2.60. The van der Waals surface area contributed by atoms with Crippen LogP contribution in [0.4, 0.5) is 4.39 Å². The fraction of sp³-hybridized carbons (Fsp3) is 0.412. The van der Waals surface area contributed by atoms with Gasteiger partial charge in [0.2, 0.25) is 0 Å². The van der Waals surface area contributed by atoms with Crippen molar-refractivity contribution in [2.24, 2.45) is 11.3 Å². The average Bonchev–Trinajstić information content (AvgIpc) is 2.97. The van der Waals surface area contributed by atoms with Crippen LogP contribution >= 0.6 is 0 Å². The molecule has 3 rings (SSSR count). The van der Waals surface area contributed by atoms with Crippen LogP contribution in [0.15, 0.2) is 24.9 Å². The van der Waals surface area contributed by atoms with E-state index >= 15 is 0 Å². The van der Waals surface area contributed by atoms with Gasteiger partial charge in [-0.25, -0.2) is 24.3 Å². The van der Waals surface area contributed by atoms with E-state index < -0.39 is 5.82 Å². The summed E-state index contributed by atoms with van der Waals surface area (Å²) in [5, 5.41) is 10.4. The summed E-state index contributed by atoms with van der Waals surface area (Å²) in [6.45, 7) is 6.03. The minimum Gasteiger partial charge on any atom is -0.396 e. The fourth-order valence-electron chi connectivity index (χ4n) is 2.60. The molecule has 1 atom stereocenters. The van der Waals surface area contributed by atoms with Crippen LogP contribution in [0.5, 0.6) is 0 Å². The molecule has 0 amide bonds. The molecule has 0 aliphatic heterocycles. The van der Waals surface area contributed by atoms with Gasteiger partial charge in [0.15, 0.2) is 11.6 Å². The normalized spacial score (nSPS) is 13.4. The molecule has 7 heteroatoms. The molecule has 3 aromatic rings. The highest BCUT2D eigenvalue weighted by Gasteiger charge is 2.26. The van der Waals surface area contributed by atoms with E-state index in [1.165, 1.54) is 12.5 Å². The third-order valence-electron chi connectivity index (χ3n) is 4.30. The summed E-state index contributed by atoms with van der Waals surface area (Å²) >= 11 is 0. The van der Waals surface area contributed by atoms with Gasteiger partial charge in [-0.15, -0.1) is 0 Å². The first-order valence-corrected chi connectivity index (χ1v) is 7.80. The zero-order chi connectivity index (χ0) is 17.3. The Kier molecular flexibility index (Phi) is 4.28. The van der Waals surface area contributed by atoms with Crippen molar-refractivity contribution in [3.63, 3.8) is 0 Å². The smallest absolute Gasteiger partial charge is 0.163 e. The van der Waals surface area contributed by atoms with Crippen molar-refractivity contribution in [3.05, 3.63) is 36.4 Å². The number of aromatic amines is 1. The van der Waals surface area contributed by atoms with Gasteiger partial charge < -0.3 is 10.1 Å². The quantitative estimate of drug-likeness (QED) is 0.768. The Morgan fingerprint density at radius 2 is 2.04 bits per heavy atom. The third-order valence-corrected chi connectivity index (χ3v) is 4.30. The van der Waals surface area contributed by atoms with Crippen molar-refractivity contribution in [2.45, 2.75) is 27.2 Å². The maximum Gasteiger partial charge on any atom is 0.163 e. The minimum atomic E-state index is -0.461. The molecule has 126 valence electrons. The first-order chi connectivity index (χ1) is 11.4. The second-order valence-electron chi connectivity index (χ2n) is 6.93. The van der Waals surface area contributed by atoms with Crippen LogP contribution in [0, 0.1) is 17.2 Å². The van der Waals surface area contributed by atoms with Crippen molar-refractivity contribution in [1.29, 1.82) is 0 Å². The van der Waals surface area contributed by atoms with Crippen LogP contribution in [0.25, 0.3) is 22.4 Å². The minimum absolute atomic E-state index is 0.0246. The number of aromatic nitrogens is 5. The Hall–Kier alpha value is -2.41. The number of aliphatic hydroxyl groups is 1. The average molecular weight is 329 g/mol. The Labute approximate surface area is 139 Å². The molecule has 0 saturated carbocycles. The van der Waals surface area contributed by atoms with Crippen molar-refractivity contribution in [2.75, 3.05) is 6.61 Å². The van der Waals surface area contributed by atoms with Gasteiger partial charge in [-0.05, 0) is 17.8 Å². The largest absolute Gasteiger partial charge is 0.396 e. The molecule has 0 fully saturated rings. The van der Waals surface area contributed by atoms with Crippen molar-refractivity contribution >= 4 is 11.0 Å². The number of fused-ring (bicyclic) bond motifs is 1. The zero-order valence-corrected chi connectivity index (χ0v) is 13.9. The molecular formula is C17H20FN5O. The monoisotopic (exact) mass is 329 g/mol. The number of nitrogens with zero attached hydrogens (tertiary/aromatic N) is 4. The Morgan fingerprint density at radius 3 is 2.75 bits per heavy atom. The molecule has 0 aliphatic rings. The second-order valence-corrected chi connectivity index (χ2v) is 6.93. The van der Waals surface area contributed by atoms with Crippen LogP contribution in [0.3, 0.4) is 0 Å². The third kappa shape index (κ3) is 3.12. The maximum atomic E-state index is 14.2. The summed E-state index contributed by atoms with van der Waals surface area (Å²) in [6, 6.07) is 0. The second kappa shape index (κ2) is 6.24. The Balaban J connectivity index is 2.00. The number of hydrogen-bond acceptors (Lipinski definition) is 5. The Morgan fingerprint density at radius 1 is 1.25 bits per heavy atom. The SMILES string of the molecule is CC(C)(C)[C@@H](CO)Cc1nc(-c2c[nH]c3ncncc23)ncc1F. The molecule has 0 aromatic carbocycles. The molecule has 6 nitrogen and oxygen atoms in total. The number of halogens is 1. The van der Waals surface area contributed by atoms with Crippen LogP contribution in [-0.4, -0.2) is 36.6 Å². The summed E-state index contributed by atoms with van der Waals surface area (Å²) in [6.07, 6.45) is 6.39. The maximum absolute atomic E-state index is 14.2. The number of rotatable bonds is 4. The van der Waals surface area contributed by atoms with E-state index in [9.17, 15) is 9.50 Å². The van der Waals surface area contributed by atoms with Gasteiger partial charge in [-0.3, -0.25) is 0 Å². The highest BCUT2D eigenvalue weighted by Crippen LogP contribution is 2.30. The highest BCUT2D eigenvalue weighted by atomic mass is 19.1. The number of hydrogen-bond donors (Lipinski definition) is 2. The number of aliphatic hydroxyl groups excluding tert-OH is 1. The van der Waals surface area contributed by atoms with Gasteiger partial charge in [0.1, 0.15) is 12.0 Å². The van der Waals surface area contributed by atoms with Gasteiger partial charge >= 0.3 is 0 Å². The van der Waals surface area contributed by atoms with E-state index in [4.69, 9.17) is 0 Å². The topological polar surface area (TPSA) is 87.6 Å².